The fourth-order valence-electron chi connectivity index (χ4n) is 1.91. The third-order valence-corrected chi connectivity index (χ3v) is 3.82. The van der Waals surface area contributed by atoms with E-state index in [1.807, 2.05) is 12.1 Å². The SMILES string of the molecule is COc1ccc(CCC(=O)Nc2nc(C(=O)O)cs2)cc1OC. The normalized spacial score (nSPS) is 10.2. The number of nitrogens with zero attached hydrogens (tertiary/aromatic N) is 1. The van der Waals surface area contributed by atoms with Crippen molar-refractivity contribution in [3.05, 3.63) is 34.8 Å². The summed E-state index contributed by atoms with van der Waals surface area (Å²) >= 11 is 1.08. The number of aromatic carboxylic acids is 1. The van der Waals surface area contributed by atoms with Gasteiger partial charge in [0.15, 0.2) is 22.3 Å². The highest BCUT2D eigenvalue weighted by Gasteiger charge is 2.11. The van der Waals surface area contributed by atoms with Gasteiger partial charge in [-0.15, -0.1) is 11.3 Å². The molecule has 0 bridgehead atoms. The first kappa shape index (κ1) is 16.8. The van der Waals surface area contributed by atoms with Gasteiger partial charge in [0.1, 0.15) is 0 Å². The first-order valence-electron chi connectivity index (χ1n) is 6.73. The maximum atomic E-state index is 11.9. The van der Waals surface area contributed by atoms with E-state index < -0.39 is 5.97 Å². The predicted octanol–water partition coefficient (Wildman–Crippen LogP) is 2.43. The summed E-state index contributed by atoms with van der Waals surface area (Å²) in [6.45, 7) is 0. The Kier molecular flexibility index (Phi) is 5.53. The topological polar surface area (TPSA) is 97.8 Å². The number of ether oxygens (including phenoxy) is 2. The lowest BCUT2D eigenvalue weighted by Crippen LogP contribution is -2.12. The molecule has 0 aliphatic heterocycles. The minimum atomic E-state index is -1.12. The van der Waals surface area contributed by atoms with Gasteiger partial charge in [-0.2, -0.15) is 0 Å². The van der Waals surface area contributed by atoms with E-state index in [4.69, 9.17) is 14.6 Å². The van der Waals surface area contributed by atoms with Gasteiger partial charge < -0.3 is 19.9 Å². The van der Waals surface area contributed by atoms with Crippen molar-refractivity contribution in [2.75, 3.05) is 19.5 Å². The zero-order valence-corrected chi connectivity index (χ0v) is 13.5. The van der Waals surface area contributed by atoms with Crippen molar-refractivity contribution >= 4 is 28.3 Å². The Balaban J connectivity index is 1.92. The molecule has 2 N–H and O–H groups in total. The van der Waals surface area contributed by atoms with E-state index in [-0.39, 0.29) is 23.2 Å². The number of nitrogens with one attached hydrogen (secondary N) is 1. The summed E-state index contributed by atoms with van der Waals surface area (Å²) in [7, 11) is 3.11. The molecule has 122 valence electrons. The number of amides is 1. The van der Waals surface area contributed by atoms with E-state index in [2.05, 4.69) is 10.3 Å². The minimum absolute atomic E-state index is 0.0785. The van der Waals surface area contributed by atoms with Crippen molar-refractivity contribution in [1.29, 1.82) is 0 Å². The highest BCUT2D eigenvalue weighted by Crippen LogP contribution is 2.28. The van der Waals surface area contributed by atoms with Crippen LogP contribution in [0.3, 0.4) is 0 Å². The average molecular weight is 336 g/mol. The summed E-state index contributed by atoms with van der Waals surface area (Å²) in [6, 6.07) is 5.46. The molecule has 8 heteroatoms. The lowest BCUT2D eigenvalue weighted by molar-refractivity contribution is -0.116. The van der Waals surface area contributed by atoms with Crippen molar-refractivity contribution in [2.24, 2.45) is 0 Å². The quantitative estimate of drug-likeness (QED) is 0.806. The molecule has 0 aliphatic rings. The van der Waals surface area contributed by atoms with Crippen LogP contribution in [0.4, 0.5) is 5.13 Å². The molecule has 0 unspecified atom stereocenters. The molecule has 1 heterocycles. The van der Waals surface area contributed by atoms with Crippen molar-refractivity contribution in [3.8, 4) is 11.5 Å². The number of aromatic nitrogens is 1. The Bertz CT molecular complexity index is 714. The number of hydrogen-bond acceptors (Lipinski definition) is 6. The highest BCUT2D eigenvalue weighted by molar-refractivity contribution is 7.14. The number of rotatable bonds is 7. The van der Waals surface area contributed by atoms with E-state index in [0.29, 0.717) is 17.9 Å². The number of carbonyl (C=O) groups excluding carboxylic acids is 1. The smallest absolute Gasteiger partial charge is 0.355 e. The van der Waals surface area contributed by atoms with Gasteiger partial charge in [-0.3, -0.25) is 4.79 Å². The van der Waals surface area contributed by atoms with Crippen LogP contribution in [0.25, 0.3) is 0 Å². The lowest BCUT2D eigenvalue weighted by atomic mass is 10.1. The molecule has 0 spiro atoms. The lowest BCUT2D eigenvalue weighted by Gasteiger charge is -2.09. The van der Waals surface area contributed by atoms with Crippen LogP contribution < -0.4 is 14.8 Å². The second-order valence-corrected chi connectivity index (χ2v) is 5.44. The second-order valence-electron chi connectivity index (χ2n) is 4.58. The zero-order chi connectivity index (χ0) is 16.8. The number of benzene rings is 1. The van der Waals surface area contributed by atoms with Gasteiger partial charge in [-0.1, -0.05) is 6.07 Å². The summed E-state index contributed by atoms with van der Waals surface area (Å²) < 4.78 is 10.4. The summed E-state index contributed by atoms with van der Waals surface area (Å²) in [5, 5.41) is 13.0. The van der Waals surface area contributed by atoms with Crippen LogP contribution in [0.15, 0.2) is 23.6 Å². The van der Waals surface area contributed by atoms with Gasteiger partial charge >= 0.3 is 5.97 Å². The molecule has 2 aromatic rings. The average Bonchev–Trinajstić information content (AvgIpc) is 3.01. The molecule has 2 rings (SSSR count). The first-order valence-corrected chi connectivity index (χ1v) is 7.61. The molecule has 1 aromatic carbocycles. The highest BCUT2D eigenvalue weighted by atomic mass is 32.1. The molecule has 0 saturated heterocycles. The maximum Gasteiger partial charge on any atom is 0.355 e. The molecule has 0 saturated carbocycles. The van der Waals surface area contributed by atoms with E-state index in [9.17, 15) is 9.59 Å². The van der Waals surface area contributed by atoms with Gasteiger partial charge in [0.2, 0.25) is 5.91 Å². The van der Waals surface area contributed by atoms with Crippen molar-refractivity contribution in [3.63, 3.8) is 0 Å². The Labute approximate surface area is 136 Å². The largest absolute Gasteiger partial charge is 0.493 e. The summed E-state index contributed by atoms with van der Waals surface area (Å²) in [5.74, 6) is -0.112. The minimum Gasteiger partial charge on any atom is -0.493 e. The van der Waals surface area contributed by atoms with Crippen LogP contribution in [0.2, 0.25) is 0 Å². The number of aryl methyl sites for hydroxylation is 1. The molecular formula is C15H16N2O5S. The molecule has 0 fully saturated rings. The van der Waals surface area contributed by atoms with E-state index in [0.717, 1.165) is 16.9 Å². The van der Waals surface area contributed by atoms with Gasteiger partial charge in [0.25, 0.3) is 0 Å². The second kappa shape index (κ2) is 7.59. The van der Waals surface area contributed by atoms with Crippen LogP contribution in [0, 0.1) is 0 Å². The van der Waals surface area contributed by atoms with Crippen molar-refractivity contribution in [1.82, 2.24) is 4.98 Å². The van der Waals surface area contributed by atoms with Crippen molar-refractivity contribution < 1.29 is 24.2 Å². The fraction of sp³-hybridized carbons (Fsp3) is 0.267. The van der Waals surface area contributed by atoms with Gasteiger partial charge in [0.05, 0.1) is 14.2 Å². The first-order chi connectivity index (χ1) is 11.0. The molecule has 23 heavy (non-hydrogen) atoms. The van der Waals surface area contributed by atoms with Crippen molar-refractivity contribution in [2.45, 2.75) is 12.8 Å². The van der Waals surface area contributed by atoms with Crippen LogP contribution in [0.5, 0.6) is 11.5 Å². The van der Waals surface area contributed by atoms with E-state index in [1.54, 1.807) is 20.3 Å². The summed E-state index contributed by atoms with van der Waals surface area (Å²) in [4.78, 5) is 26.4. The molecular weight excluding hydrogens is 320 g/mol. The summed E-state index contributed by atoms with van der Waals surface area (Å²) in [5.41, 5.74) is 0.855. The number of carbonyl (C=O) groups is 2. The molecule has 7 nitrogen and oxygen atoms in total. The maximum absolute atomic E-state index is 11.9. The Morgan fingerprint density at radius 2 is 2.00 bits per heavy atom. The Morgan fingerprint density at radius 1 is 1.26 bits per heavy atom. The van der Waals surface area contributed by atoms with Gasteiger partial charge in [-0.05, 0) is 24.1 Å². The number of hydrogen-bond donors (Lipinski definition) is 2. The number of anilines is 1. The monoisotopic (exact) mass is 336 g/mol. The van der Waals surface area contributed by atoms with E-state index >= 15 is 0 Å². The van der Waals surface area contributed by atoms with Crippen LogP contribution >= 0.6 is 11.3 Å². The van der Waals surface area contributed by atoms with Crippen LogP contribution in [-0.4, -0.2) is 36.2 Å². The predicted molar refractivity (Wildman–Crippen MR) is 85.6 cm³/mol. The zero-order valence-electron chi connectivity index (χ0n) is 12.7. The molecule has 0 radical (unpaired) electrons. The number of thiazole rings is 1. The van der Waals surface area contributed by atoms with Gasteiger partial charge in [-0.25, -0.2) is 9.78 Å². The Morgan fingerprint density at radius 3 is 2.61 bits per heavy atom. The van der Waals surface area contributed by atoms with Crippen LogP contribution in [0.1, 0.15) is 22.5 Å². The third kappa shape index (κ3) is 4.43. The molecule has 0 aliphatic carbocycles. The third-order valence-electron chi connectivity index (χ3n) is 3.06. The van der Waals surface area contributed by atoms with Gasteiger partial charge in [0, 0.05) is 11.8 Å². The van der Waals surface area contributed by atoms with E-state index in [1.165, 1.54) is 5.38 Å². The summed E-state index contributed by atoms with van der Waals surface area (Å²) in [6.07, 6.45) is 0.765. The Hall–Kier alpha value is -2.61. The molecule has 0 atom stereocenters. The number of carboxylic acid groups (broad SMARTS) is 1. The molecule has 1 amide bonds. The standard InChI is InChI=1S/C15H16N2O5S/c1-21-11-5-3-9(7-12(11)22-2)4-6-13(18)17-15-16-10(8-23-15)14(19)20/h3,5,7-8H,4,6H2,1-2H3,(H,19,20)(H,16,17,18). The molecule has 1 aromatic heterocycles. The van der Waals surface area contributed by atoms with Crippen LogP contribution in [-0.2, 0) is 11.2 Å². The number of carboxylic acids is 1. The fourth-order valence-corrected chi connectivity index (χ4v) is 2.61. The number of methoxy groups -OCH3 is 2.